The number of amides is 1. The summed E-state index contributed by atoms with van der Waals surface area (Å²) >= 11 is 1.07. The fraction of sp³-hybridized carbons (Fsp3) is 0.167. The van der Waals surface area contributed by atoms with Crippen LogP contribution in [0.5, 0.6) is 0 Å². The number of para-hydroxylation sites is 1. The topological polar surface area (TPSA) is 98.0 Å². The average molecular weight is 422 g/mol. The Labute approximate surface area is 166 Å². The van der Waals surface area contributed by atoms with Crippen LogP contribution < -0.4 is 5.32 Å². The molecule has 0 saturated carbocycles. The molecule has 150 valence electrons. The van der Waals surface area contributed by atoms with Gasteiger partial charge in [-0.05, 0) is 19.1 Å². The highest BCUT2D eigenvalue weighted by atomic mass is 32.2. The molecule has 3 aromatic rings. The van der Waals surface area contributed by atoms with Gasteiger partial charge in [0.2, 0.25) is 5.91 Å². The van der Waals surface area contributed by atoms with Crippen molar-refractivity contribution < 1.29 is 22.9 Å². The predicted octanol–water partition coefficient (Wildman–Crippen LogP) is 4.68. The molecule has 0 radical (unpaired) electrons. The van der Waals surface area contributed by atoms with Gasteiger partial charge >= 0.3 is 6.18 Å². The molecule has 1 N–H and O–H groups in total. The molecule has 7 nitrogen and oxygen atoms in total. The molecule has 1 amide bonds. The number of halogens is 3. The number of benzene rings is 2. The van der Waals surface area contributed by atoms with Gasteiger partial charge in [0.1, 0.15) is 11.4 Å². The minimum Gasteiger partial charge on any atom is -0.325 e. The smallest absolute Gasteiger partial charge is 0.325 e. The van der Waals surface area contributed by atoms with Gasteiger partial charge in [-0.25, -0.2) is 9.97 Å². The lowest BCUT2D eigenvalue weighted by molar-refractivity contribution is -0.385. The van der Waals surface area contributed by atoms with E-state index >= 15 is 0 Å². The molecule has 0 spiro atoms. The van der Waals surface area contributed by atoms with Crippen molar-refractivity contribution in [3.63, 3.8) is 0 Å². The van der Waals surface area contributed by atoms with Gasteiger partial charge in [-0.15, -0.1) is 0 Å². The molecule has 29 heavy (non-hydrogen) atoms. The van der Waals surface area contributed by atoms with E-state index in [0.29, 0.717) is 22.0 Å². The number of carbonyl (C=O) groups is 1. The number of nitro groups is 1. The number of non-ortho nitro benzene ring substituents is 1. The largest absolute Gasteiger partial charge is 0.418 e. The summed E-state index contributed by atoms with van der Waals surface area (Å²) < 4.78 is 39.8. The molecule has 3 rings (SSSR count). The first kappa shape index (κ1) is 20.5. The van der Waals surface area contributed by atoms with Crippen LogP contribution in [0.4, 0.5) is 24.5 Å². The van der Waals surface area contributed by atoms with Crippen molar-refractivity contribution in [2.45, 2.75) is 23.4 Å². The third-order valence-corrected chi connectivity index (χ3v) is 5.06. The summed E-state index contributed by atoms with van der Waals surface area (Å²) in [5.74, 6) is -0.697. The Morgan fingerprint density at radius 2 is 1.93 bits per heavy atom. The predicted molar refractivity (Wildman–Crippen MR) is 102 cm³/mol. The van der Waals surface area contributed by atoms with E-state index in [-0.39, 0.29) is 0 Å². The van der Waals surface area contributed by atoms with Gasteiger partial charge in [0.05, 0.1) is 26.9 Å². The molecule has 0 aliphatic carbocycles. The number of nitrogens with zero attached hydrogens (tertiary/aromatic N) is 3. The fourth-order valence-corrected chi connectivity index (χ4v) is 3.43. The average Bonchev–Trinajstić information content (AvgIpc) is 2.67. The zero-order valence-electron chi connectivity index (χ0n) is 14.8. The normalized spacial score (nSPS) is 12.6. The van der Waals surface area contributed by atoms with Gasteiger partial charge in [-0.2, -0.15) is 13.2 Å². The van der Waals surface area contributed by atoms with Crippen LogP contribution in [0.25, 0.3) is 10.9 Å². The number of nitro benzene ring substituents is 1. The zero-order chi connectivity index (χ0) is 21.2. The number of hydrogen-bond acceptors (Lipinski definition) is 6. The molecule has 2 aromatic carbocycles. The second-order valence-electron chi connectivity index (χ2n) is 5.93. The molecule has 1 atom stereocenters. The maximum Gasteiger partial charge on any atom is 0.418 e. The van der Waals surface area contributed by atoms with E-state index in [1.54, 1.807) is 24.3 Å². The van der Waals surface area contributed by atoms with Crippen LogP contribution >= 0.6 is 11.8 Å². The number of anilines is 1. The number of rotatable bonds is 5. The molecule has 0 aliphatic heterocycles. The number of thioether (sulfide) groups is 1. The first-order valence-electron chi connectivity index (χ1n) is 8.19. The van der Waals surface area contributed by atoms with Gasteiger partial charge in [-0.1, -0.05) is 30.0 Å². The molecular formula is C18H13F3N4O3S. The summed E-state index contributed by atoms with van der Waals surface area (Å²) in [7, 11) is 0. The van der Waals surface area contributed by atoms with E-state index in [4.69, 9.17) is 0 Å². The molecule has 0 fully saturated rings. The molecule has 0 bridgehead atoms. The quantitative estimate of drug-likeness (QED) is 0.278. The lowest BCUT2D eigenvalue weighted by atomic mass is 10.1. The van der Waals surface area contributed by atoms with Gasteiger partial charge in [0.15, 0.2) is 0 Å². The molecule has 0 aliphatic rings. The number of hydrogen-bond donors (Lipinski definition) is 1. The summed E-state index contributed by atoms with van der Waals surface area (Å²) in [5.41, 5.74) is -1.88. The van der Waals surface area contributed by atoms with Crippen molar-refractivity contribution in [2.75, 3.05) is 5.32 Å². The van der Waals surface area contributed by atoms with Gasteiger partial charge in [0.25, 0.3) is 5.69 Å². The van der Waals surface area contributed by atoms with Crippen molar-refractivity contribution in [1.29, 1.82) is 0 Å². The zero-order valence-corrected chi connectivity index (χ0v) is 15.6. The second-order valence-corrected chi connectivity index (χ2v) is 7.26. The molecule has 0 unspecified atom stereocenters. The maximum absolute atomic E-state index is 13.3. The van der Waals surface area contributed by atoms with Crippen LogP contribution in [0.2, 0.25) is 0 Å². The summed E-state index contributed by atoms with van der Waals surface area (Å²) in [6.45, 7) is 1.52. The minimum absolute atomic E-state index is 0.394. The number of alkyl halides is 3. The third kappa shape index (κ3) is 4.62. The standard InChI is InChI=1S/C18H13F3N4O3S/c1-10(29-17-12-4-2-3-5-14(12)22-9-23-17)16(26)24-15-7-6-11(25(27)28)8-13(15)18(19,20)21/h2-10H,1H3,(H,24,26)/t10-/m0/s1. The number of carbonyl (C=O) groups excluding carboxylic acids is 1. The van der Waals surface area contributed by atoms with E-state index < -0.39 is 39.2 Å². The van der Waals surface area contributed by atoms with Gasteiger partial charge < -0.3 is 5.32 Å². The molecule has 11 heteroatoms. The number of aromatic nitrogens is 2. The SMILES string of the molecule is C[C@H](Sc1ncnc2ccccc12)C(=O)Nc1ccc([N+](=O)[O-])cc1C(F)(F)F. The van der Waals surface area contributed by atoms with Crippen molar-refractivity contribution in [1.82, 2.24) is 9.97 Å². The molecule has 1 aromatic heterocycles. The number of nitrogens with one attached hydrogen (secondary N) is 1. The first-order chi connectivity index (χ1) is 13.7. The number of fused-ring (bicyclic) bond motifs is 1. The Morgan fingerprint density at radius 3 is 2.62 bits per heavy atom. The first-order valence-corrected chi connectivity index (χ1v) is 9.07. The van der Waals surface area contributed by atoms with Crippen molar-refractivity contribution in [3.8, 4) is 0 Å². The van der Waals surface area contributed by atoms with Crippen molar-refractivity contribution in [2.24, 2.45) is 0 Å². The summed E-state index contributed by atoms with van der Waals surface area (Å²) in [5, 5.41) is 13.4. The Balaban J connectivity index is 1.83. The van der Waals surface area contributed by atoms with E-state index in [9.17, 15) is 28.1 Å². The minimum atomic E-state index is -4.87. The fourth-order valence-electron chi connectivity index (χ4n) is 2.52. The van der Waals surface area contributed by atoms with E-state index in [2.05, 4.69) is 15.3 Å². The summed E-state index contributed by atoms with van der Waals surface area (Å²) in [6.07, 6.45) is -3.53. The summed E-state index contributed by atoms with van der Waals surface area (Å²) in [4.78, 5) is 30.6. The lowest BCUT2D eigenvalue weighted by Gasteiger charge is -2.16. The highest BCUT2D eigenvalue weighted by molar-refractivity contribution is 8.00. The van der Waals surface area contributed by atoms with Crippen molar-refractivity contribution in [3.05, 3.63) is 64.5 Å². The lowest BCUT2D eigenvalue weighted by Crippen LogP contribution is -2.24. The Bertz CT molecular complexity index is 1090. The van der Waals surface area contributed by atoms with E-state index in [0.717, 1.165) is 23.9 Å². The molecule has 1 heterocycles. The van der Waals surface area contributed by atoms with Crippen LogP contribution in [0.15, 0.2) is 53.8 Å². The highest BCUT2D eigenvalue weighted by Gasteiger charge is 2.36. The van der Waals surface area contributed by atoms with Crippen LogP contribution in [0.1, 0.15) is 12.5 Å². The van der Waals surface area contributed by atoms with Gasteiger partial charge in [0, 0.05) is 17.5 Å². The van der Waals surface area contributed by atoms with Crippen LogP contribution in [-0.4, -0.2) is 26.0 Å². The Hall–Kier alpha value is -3.21. The Morgan fingerprint density at radius 1 is 1.21 bits per heavy atom. The second kappa shape index (κ2) is 8.03. The van der Waals surface area contributed by atoms with Crippen LogP contribution in [-0.2, 0) is 11.0 Å². The van der Waals surface area contributed by atoms with Gasteiger partial charge in [-0.3, -0.25) is 14.9 Å². The van der Waals surface area contributed by atoms with Crippen LogP contribution in [0.3, 0.4) is 0 Å². The van der Waals surface area contributed by atoms with E-state index in [1.807, 2.05) is 0 Å². The molecular weight excluding hydrogens is 409 g/mol. The summed E-state index contributed by atoms with van der Waals surface area (Å²) in [6, 6.07) is 9.31. The Kier molecular flexibility index (Phi) is 5.69. The maximum atomic E-state index is 13.3. The third-order valence-electron chi connectivity index (χ3n) is 3.94. The monoisotopic (exact) mass is 422 g/mol. The van der Waals surface area contributed by atoms with Crippen LogP contribution in [0, 0.1) is 10.1 Å². The van der Waals surface area contributed by atoms with E-state index in [1.165, 1.54) is 13.3 Å². The van der Waals surface area contributed by atoms with Crippen molar-refractivity contribution >= 4 is 39.9 Å². The molecule has 0 saturated heterocycles. The highest BCUT2D eigenvalue weighted by Crippen LogP contribution is 2.37.